The number of carbonyl (C=O) groups is 2. The van der Waals surface area contributed by atoms with Crippen LogP contribution in [0.15, 0.2) is 17.3 Å². The van der Waals surface area contributed by atoms with Crippen molar-refractivity contribution in [2.45, 2.75) is 25.8 Å². The Bertz CT molecular complexity index is 630. The molecule has 6 nitrogen and oxygen atoms in total. The minimum Gasteiger partial charge on any atom is -0.478 e. The van der Waals surface area contributed by atoms with Crippen LogP contribution in [0.25, 0.3) is 0 Å². The van der Waals surface area contributed by atoms with E-state index in [0.29, 0.717) is 5.56 Å². The molecule has 1 aromatic heterocycles. The molecule has 0 aromatic carbocycles. The van der Waals surface area contributed by atoms with Gasteiger partial charge in [0.05, 0.1) is 5.56 Å². The minimum absolute atomic E-state index is 0.0300. The number of carboxylic acid groups (broad SMARTS) is 1. The maximum Gasteiger partial charge on any atom is 0.336 e. The molecule has 0 aliphatic carbocycles. The number of aromatic carboxylic acids is 1. The summed E-state index contributed by atoms with van der Waals surface area (Å²) >= 11 is 0. The van der Waals surface area contributed by atoms with Crippen LogP contribution in [0, 0.1) is 6.92 Å². The number of alkyl halides is 2. The molecule has 0 saturated carbocycles. The summed E-state index contributed by atoms with van der Waals surface area (Å²) < 4.78 is 25.7. The normalized spacial score (nSPS) is 21.9. The summed E-state index contributed by atoms with van der Waals surface area (Å²) in [7, 11) is 0. The van der Waals surface area contributed by atoms with E-state index in [-0.39, 0.29) is 17.1 Å². The highest BCUT2D eigenvalue weighted by atomic mass is 19.3. The van der Waals surface area contributed by atoms with E-state index in [0.717, 1.165) is 6.92 Å². The van der Waals surface area contributed by atoms with Gasteiger partial charge in [0, 0.05) is 6.20 Å². The third-order valence-electron chi connectivity index (χ3n) is 3.05. The molecule has 106 valence electrons. The third-order valence-corrected chi connectivity index (χ3v) is 3.05. The summed E-state index contributed by atoms with van der Waals surface area (Å²) in [6, 6.07) is 1.19. The predicted octanol–water partition coefficient (Wildman–Crippen LogP) is 0.988. The molecule has 20 heavy (non-hydrogen) atoms. The van der Waals surface area contributed by atoms with Gasteiger partial charge >= 0.3 is 5.97 Å². The molecule has 0 bridgehead atoms. The number of rotatable bonds is 3. The molecule has 0 saturated heterocycles. The molecular formula is C12H11F2N3O3. The Labute approximate surface area is 112 Å². The van der Waals surface area contributed by atoms with Crippen LogP contribution < -0.4 is 5.32 Å². The van der Waals surface area contributed by atoms with E-state index in [9.17, 15) is 18.4 Å². The summed E-state index contributed by atoms with van der Waals surface area (Å²) in [5, 5.41) is 11.3. The van der Waals surface area contributed by atoms with E-state index in [2.05, 4.69) is 15.3 Å². The van der Waals surface area contributed by atoms with Crippen LogP contribution in [0.4, 0.5) is 8.78 Å². The fraction of sp³-hybridized carbons (Fsp3) is 0.333. The van der Waals surface area contributed by atoms with Crippen LogP contribution in [-0.2, 0) is 4.79 Å². The number of aliphatic imine (C=N–C) groups is 1. The molecule has 1 aliphatic rings. The van der Waals surface area contributed by atoms with Gasteiger partial charge in [-0.15, -0.1) is 0 Å². The van der Waals surface area contributed by atoms with Crippen LogP contribution in [0.3, 0.4) is 0 Å². The summed E-state index contributed by atoms with van der Waals surface area (Å²) in [4.78, 5) is 30.0. The van der Waals surface area contributed by atoms with Crippen molar-refractivity contribution >= 4 is 17.7 Å². The van der Waals surface area contributed by atoms with Gasteiger partial charge in [-0.25, -0.2) is 13.6 Å². The van der Waals surface area contributed by atoms with E-state index in [4.69, 9.17) is 5.11 Å². The summed E-state index contributed by atoms with van der Waals surface area (Å²) in [6.07, 6.45) is -1.66. The lowest BCUT2D eigenvalue weighted by atomic mass is 10.0. The van der Waals surface area contributed by atoms with Crippen LogP contribution in [0.1, 0.15) is 28.5 Å². The van der Waals surface area contributed by atoms with Gasteiger partial charge in [-0.05, 0) is 25.5 Å². The molecule has 2 heterocycles. The summed E-state index contributed by atoms with van der Waals surface area (Å²) in [5.74, 6) is -2.34. The number of aromatic nitrogens is 1. The van der Waals surface area contributed by atoms with Gasteiger partial charge in [-0.1, -0.05) is 0 Å². The maximum absolute atomic E-state index is 12.9. The molecule has 2 rings (SSSR count). The van der Waals surface area contributed by atoms with Crippen molar-refractivity contribution in [3.05, 3.63) is 29.1 Å². The number of halogens is 2. The van der Waals surface area contributed by atoms with Crippen molar-refractivity contribution < 1.29 is 23.5 Å². The molecule has 1 aliphatic heterocycles. The first-order valence-corrected chi connectivity index (χ1v) is 5.65. The lowest BCUT2D eigenvalue weighted by Gasteiger charge is -2.21. The first-order chi connectivity index (χ1) is 9.25. The number of hydrogen-bond acceptors (Lipinski definition) is 4. The van der Waals surface area contributed by atoms with Crippen molar-refractivity contribution in [1.29, 1.82) is 0 Å². The lowest BCUT2D eigenvalue weighted by Crippen LogP contribution is -2.51. The number of carbonyl (C=O) groups excluding carboxylic acids is 1. The number of amidine groups is 1. The molecule has 1 atom stereocenters. The minimum atomic E-state index is -2.94. The van der Waals surface area contributed by atoms with Crippen LogP contribution in [0.2, 0.25) is 0 Å². The predicted molar refractivity (Wildman–Crippen MR) is 65.0 cm³/mol. The first kappa shape index (κ1) is 14.0. The topological polar surface area (TPSA) is 91.7 Å². The van der Waals surface area contributed by atoms with Gasteiger partial charge in [-0.2, -0.15) is 4.99 Å². The number of aryl methyl sites for hydroxylation is 1. The fourth-order valence-electron chi connectivity index (χ4n) is 1.70. The Morgan fingerprint density at radius 1 is 1.50 bits per heavy atom. The van der Waals surface area contributed by atoms with Gasteiger partial charge < -0.3 is 10.4 Å². The second-order valence-electron chi connectivity index (χ2n) is 4.58. The maximum atomic E-state index is 12.9. The number of carboxylic acids is 1. The van der Waals surface area contributed by atoms with E-state index in [1.165, 1.54) is 12.3 Å². The van der Waals surface area contributed by atoms with Gasteiger partial charge in [0.2, 0.25) is 0 Å². The highest BCUT2D eigenvalue weighted by Crippen LogP contribution is 2.23. The summed E-state index contributed by atoms with van der Waals surface area (Å²) in [6.45, 7) is 2.58. The molecule has 8 heteroatoms. The van der Waals surface area contributed by atoms with Crippen LogP contribution in [-0.4, -0.2) is 39.8 Å². The fourth-order valence-corrected chi connectivity index (χ4v) is 1.70. The molecule has 0 fully saturated rings. The molecule has 2 N–H and O–H groups in total. The van der Waals surface area contributed by atoms with E-state index in [1.807, 2.05) is 0 Å². The van der Waals surface area contributed by atoms with Crippen molar-refractivity contribution in [3.8, 4) is 0 Å². The number of pyridine rings is 1. The Hall–Kier alpha value is -2.38. The zero-order chi connectivity index (χ0) is 15.1. The van der Waals surface area contributed by atoms with Crippen molar-refractivity contribution in [2.75, 3.05) is 0 Å². The summed E-state index contributed by atoms with van der Waals surface area (Å²) in [5.41, 5.74) is -1.68. The number of nitrogens with one attached hydrogen (secondary N) is 1. The molecule has 0 spiro atoms. The van der Waals surface area contributed by atoms with Gasteiger partial charge in [-0.3, -0.25) is 9.78 Å². The number of hydrogen-bond donors (Lipinski definition) is 2. The zero-order valence-electron chi connectivity index (χ0n) is 10.6. The Balaban J connectivity index is 2.40. The highest BCUT2D eigenvalue weighted by molar-refractivity contribution is 6.13. The molecule has 1 amide bonds. The lowest BCUT2D eigenvalue weighted by molar-refractivity contribution is -0.127. The van der Waals surface area contributed by atoms with Crippen LogP contribution in [0.5, 0.6) is 0 Å². The molecular weight excluding hydrogens is 272 g/mol. The van der Waals surface area contributed by atoms with Gasteiger partial charge in [0.25, 0.3) is 12.3 Å². The molecule has 0 radical (unpaired) electrons. The van der Waals surface area contributed by atoms with Crippen molar-refractivity contribution in [1.82, 2.24) is 10.3 Å². The number of nitrogens with zero attached hydrogens (tertiary/aromatic N) is 2. The van der Waals surface area contributed by atoms with Gasteiger partial charge in [0.15, 0.2) is 11.4 Å². The van der Waals surface area contributed by atoms with E-state index >= 15 is 0 Å². The Morgan fingerprint density at radius 3 is 2.65 bits per heavy atom. The second-order valence-corrected chi connectivity index (χ2v) is 4.58. The third kappa shape index (κ3) is 2.13. The smallest absolute Gasteiger partial charge is 0.336 e. The average Bonchev–Trinajstić information content (AvgIpc) is 2.67. The van der Waals surface area contributed by atoms with Crippen molar-refractivity contribution in [2.24, 2.45) is 4.99 Å². The quantitative estimate of drug-likeness (QED) is 0.863. The van der Waals surface area contributed by atoms with Gasteiger partial charge in [0.1, 0.15) is 5.69 Å². The highest BCUT2D eigenvalue weighted by Gasteiger charge is 2.48. The Kier molecular flexibility index (Phi) is 3.24. The van der Waals surface area contributed by atoms with Crippen LogP contribution >= 0.6 is 0 Å². The zero-order valence-corrected chi connectivity index (χ0v) is 10.6. The average molecular weight is 283 g/mol. The largest absolute Gasteiger partial charge is 0.478 e. The van der Waals surface area contributed by atoms with Crippen molar-refractivity contribution in [3.63, 3.8) is 0 Å². The molecule has 1 aromatic rings. The standard InChI is InChI=1S/C12H11F2N3O3/c1-5-4-15-7(3-6(5)9(18)19)8-16-11(20)12(2,17-8)10(13)14/h3-4,10H,1-2H3,(H,18,19)(H,16,17,20). The Morgan fingerprint density at radius 2 is 2.15 bits per heavy atom. The molecule has 1 unspecified atom stereocenters. The number of amides is 1. The first-order valence-electron chi connectivity index (χ1n) is 5.65. The SMILES string of the molecule is Cc1cnc(C2=NC(=O)C(C)(C(F)F)N2)cc1C(=O)O. The monoisotopic (exact) mass is 283 g/mol. The second kappa shape index (κ2) is 4.62. The van der Waals surface area contributed by atoms with E-state index < -0.39 is 23.8 Å². The van der Waals surface area contributed by atoms with E-state index in [1.54, 1.807) is 6.92 Å².